The summed E-state index contributed by atoms with van der Waals surface area (Å²) < 4.78 is 17.4. The molecule has 0 saturated heterocycles. The molecule has 0 saturated carbocycles. The van der Waals surface area contributed by atoms with E-state index in [2.05, 4.69) is 10.6 Å². The molecule has 2 amide bonds. The first-order valence-corrected chi connectivity index (χ1v) is 6.65. The minimum atomic E-state index is -0.711. The molecular formula is C15H17FN2O4. The molecule has 0 unspecified atom stereocenters. The highest BCUT2D eigenvalue weighted by molar-refractivity contribution is 5.90. The second-order valence-electron chi connectivity index (χ2n) is 4.22. The van der Waals surface area contributed by atoms with Gasteiger partial charge in [0, 0.05) is 12.6 Å². The van der Waals surface area contributed by atoms with Crippen molar-refractivity contribution in [1.29, 1.82) is 0 Å². The predicted octanol–water partition coefficient (Wildman–Crippen LogP) is 0.634. The van der Waals surface area contributed by atoms with E-state index >= 15 is 0 Å². The molecule has 7 heteroatoms. The minimum absolute atomic E-state index is 0.171. The normalized spacial score (nSPS) is 10.3. The molecule has 0 aliphatic rings. The maximum absolute atomic E-state index is 12.7. The van der Waals surface area contributed by atoms with Crippen LogP contribution in [-0.4, -0.2) is 37.5 Å². The van der Waals surface area contributed by atoms with Crippen molar-refractivity contribution in [3.63, 3.8) is 0 Å². The molecule has 0 radical (unpaired) electrons. The van der Waals surface area contributed by atoms with E-state index in [1.807, 2.05) is 0 Å². The van der Waals surface area contributed by atoms with E-state index in [-0.39, 0.29) is 18.3 Å². The van der Waals surface area contributed by atoms with E-state index in [1.54, 1.807) is 6.92 Å². The van der Waals surface area contributed by atoms with Gasteiger partial charge >= 0.3 is 5.97 Å². The average Bonchev–Trinajstić information content (AvgIpc) is 2.50. The van der Waals surface area contributed by atoms with E-state index in [4.69, 9.17) is 4.74 Å². The largest absolute Gasteiger partial charge is 0.452 e. The number of benzene rings is 1. The molecule has 1 rings (SSSR count). The Balaban J connectivity index is 2.29. The van der Waals surface area contributed by atoms with Crippen LogP contribution in [-0.2, 0) is 19.1 Å². The van der Waals surface area contributed by atoms with Crippen molar-refractivity contribution in [2.24, 2.45) is 0 Å². The van der Waals surface area contributed by atoms with Gasteiger partial charge in [0.2, 0.25) is 5.91 Å². The molecule has 2 N–H and O–H groups in total. The van der Waals surface area contributed by atoms with E-state index < -0.39 is 18.5 Å². The predicted molar refractivity (Wildman–Crippen MR) is 78.1 cm³/mol. The Kier molecular flexibility index (Phi) is 7.32. The third kappa shape index (κ3) is 7.18. The maximum atomic E-state index is 12.7. The summed E-state index contributed by atoms with van der Waals surface area (Å²) in [6.45, 7) is 1.58. The van der Waals surface area contributed by atoms with Gasteiger partial charge in [0.05, 0.1) is 6.54 Å². The van der Waals surface area contributed by atoms with Crippen LogP contribution in [0.15, 0.2) is 30.3 Å². The number of carbonyl (C=O) groups is 3. The molecule has 1 aromatic rings. The molecule has 6 nitrogen and oxygen atoms in total. The van der Waals surface area contributed by atoms with Crippen molar-refractivity contribution in [1.82, 2.24) is 10.6 Å². The monoisotopic (exact) mass is 308 g/mol. The summed E-state index contributed by atoms with van der Waals surface area (Å²) in [5.41, 5.74) is 0.624. The number of likely N-dealkylation sites (N-methyl/N-ethyl adjacent to an activating group) is 1. The summed E-state index contributed by atoms with van der Waals surface area (Å²) in [4.78, 5) is 33.8. The Labute approximate surface area is 127 Å². The van der Waals surface area contributed by atoms with Gasteiger partial charge in [0.15, 0.2) is 6.61 Å². The topological polar surface area (TPSA) is 84.5 Å². The lowest BCUT2D eigenvalue weighted by molar-refractivity contribution is -0.143. The number of hydrogen-bond acceptors (Lipinski definition) is 4. The van der Waals surface area contributed by atoms with Crippen LogP contribution in [0.4, 0.5) is 4.39 Å². The van der Waals surface area contributed by atoms with Gasteiger partial charge in [-0.2, -0.15) is 0 Å². The molecule has 0 spiro atoms. The van der Waals surface area contributed by atoms with Crippen molar-refractivity contribution >= 4 is 23.9 Å². The average molecular weight is 308 g/mol. The fourth-order valence-electron chi connectivity index (χ4n) is 1.41. The summed E-state index contributed by atoms with van der Waals surface area (Å²) >= 11 is 0. The van der Waals surface area contributed by atoms with Crippen LogP contribution in [0.5, 0.6) is 0 Å². The number of amides is 2. The molecule has 0 atom stereocenters. The highest BCUT2D eigenvalue weighted by Gasteiger charge is 2.06. The van der Waals surface area contributed by atoms with Crippen LogP contribution in [0.2, 0.25) is 0 Å². The summed E-state index contributed by atoms with van der Waals surface area (Å²) in [6.07, 6.45) is 2.57. The molecule has 0 aliphatic heterocycles. The highest BCUT2D eigenvalue weighted by atomic mass is 19.1. The minimum Gasteiger partial charge on any atom is -0.452 e. The van der Waals surface area contributed by atoms with Crippen LogP contribution in [0.1, 0.15) is 12.5 Å². The third-order valence-electron chi connectivity index (χ3n) is 2.45. The quantitative estimate of drug-likeness (QED) is 0.572. The summed E-state index contributed by atoms with van der Waals surface area (Å²) in [5.74, 6) is -1.98. The van der Waals surface area contributed by atoms with Gasteiger partial charge < -0.3 is 15.4 Å². The molecule has 0 aromatic heterocycles. The molecule has 0 aliphatic carbocycles. The lowest BCUT2D eigenvalue weighted by atomic mass is 10.2. The fraction of sp³-hybridized carbons (Fsp3) is 0.267. The van der Waals surface area contributed by atoms with Crippen molar-refractivity contribution in [2.45, 2.75) is 6.92 Å². The summed E-state index contributed by atoms with van der Waals surface area (Å²) in [7, 11) is 0. The maximum Gasteiger partial charge on any atom is 0.331 e. The van der Waals surface area contributed by atoms with Crippen molar-refractivity contribution in [2.75, 3.05) is 19.7 Å². The Morgan fingerprint density at radius 3 is 2.45 bits per heavy atom. The van der Waals surface area contributed by atoms with E-state index in [1.165, 1.54) is 30.3 Å². The molecular weight excluding hydrogens is 291 g/mol. The van der Waals surface area contributed by atoms with Gasteiger partial charge in [-0.3, -0.25) is 9.59 Å². The van der Waals surface area contributed by atoms with Crippen LogP contribution in [0.25, 0.3) is 6.08 Å². The summed E-state index contributed by atoms with van der Waals surface area (Å²) in [5, 5.41) is 4.82. The number of ether oxygens (including phenoxy) is 1. The molecule has 22 heavy (non-hydrogen) atoms. The van der Waals surface area contributed by atoms with Crippen molar-refractivity contribution in [3.05, 3.63) is 41.7 Å². The van der Waals surface area contributed by atoms with Gasteiger partial charge in [0.25, 0.3) is 5.91 Å². The fourth-order valence-corrected chi connectivity index (χ4v) is 1.41. The molecule has 0 bridgehead atoms. The summed E-state index contributed by atoms with van der Waals surface area (Å²) in [6, 6.07) is 5.52. The SMILES string of the molecule is CCNC(=O)CNC(=O)COC(=O)/C=C/c1ccc(F)cc1. The first-order valence-electron chi connectivity index (χ1n) is 6.65. The Bertz CT molecular complexity index is 555. The van der Waals surface area contributed by atoms with Gasteiger partial charge in [0.1, 0.15) is 5.82 Å². The Hall–Kier alpha value is -2.70. The number of esters is 1. The smallest absolute Gasteiger partial charge is 0.331 e. The first kappa shape index (κ1) is 17.4. The number of nitrogens with one attached hydrogen (secondary N) is 2. The zero-order valence-electron chi connectivity index (χ0n) is 12.1. The highest BCUT2D eigenvalue weighted by Crippen LogP contribution is 2.04. The third-order valence-corrected chi connectivity index (χ3v) is 2.45. The van der Waals surface area contributed by atoms with Gasteiger partial charge in [-0.25, -0.2) is 9.18 Å². The van der Waals surface area contributed by atoms with Crippen LogP contribution in [0.3, 0.4) is 0 Å². The second-order valence-corrected chi connectivity index (χ2v) is 4.22. The van der Waals surface area contributed by atoms with Crippen molar-refractivity contribution in [3.8, 4) is 0 Å². The molecule has 118 valence electrons. The van der Waals surface area contributed by atoms with Gasteiger partial charge in [-0.1, -0.05) is 12.1 Å². The van der Waals surface area contributed by atoms with Crippen molar-refractivity contribution < 1.29 is 23.5 Å². The molecule has 1 aromatic carbocycles. The van der Waals surface area contributed by atoms with Crippen LogP contribution >= 0.6 is 0 Å². The standard InChI is InChI=1S/C15H17FN2O4/c1-2-17-13(19)9-18-14(20)10-22-15(21)8-5-11-3-6-12(16)7-4-11/h3-8H,2,9-10H2,1H3,(H,17,19)(H,18,20)/b8-5+. The number of rotatable bonds is 7. The second kappa shape index (κ2) is 9.28. The van der Waals surface area contributed by atoms with Gasteiger partial charge in [-0.15, -0.1) is 0 Å². The molecule has 0 heterocycles. The lowest BCUT2D eigenvalue weighted by Crippen LogP contribution is -2.38. The Morgan fingerprint density at radius 2 is 1.82 bits per heavy atom. The van der Waals surface area contributed by atoms with Gasteiger partial charge in [-0.05, 0) is 30.7 Å². The zero-order valence-corrected chi connectivity index (χ0v) is 12.1. The van der Waals surface area contributed by atoms with Crippen LogP contribution < -0.4 is 10.6 Å². The number of halogens is 1. The number of carbonyl (C=O) groups excluding carboxylic acids is 3. The van der Waals surface area contributed by atoms with E-state index in [0.29, 0.717) is 12.1 Å². The van der Waals surface area contributed by atoms with Crippen LogP contribution in [0, 0.1) is 5.82 Å². The first-order chi connectivity index (χ1) is 10.5. The lowest BCUT2D eigenvalue weighted by Gasteiger charge is -2.05. The Morgan fingerprint density at radius 1 is 1.14 bits per heavy atom. The number of hydrogen-bond donors (Lipinski definition) is 2. The molecule has 0 fully saturated rings. The van der Waals surface area contributed by atoms with E-state index in [0.717, 1.165) is 6.08 Å². The zero-order chi connectivity index (χ0) is 16.4. The van der Waals surface area contributed by atoms with E-state index in [9.17, 15) is 18.8 Å².